The first-order valence-electron chi connectivity index (χ1n) is 4.72. The van der Waals surface area contributed by atoms with Crippen LogP contribution in [0.1, 0.15) is 18.9 Å². The van der Waals surface area contributed by atoms with E-state index in [1.807, 2.05) is 12.1 Å². The van der Waals surface area contributed by atoms with Crippen molar-refractivity contribution in [3.63, 3.8) is 0 Å². The maximum Gasteiger partial charge on any atom is 0.339 e. The van der Waals surface area contributed by atoms with Crippen LogP contribution < -0.4 is 5.73 Å². The fourth-order valence-electron chi connectivity index (χ4n) is 1.36. The van der Waals surface area contributed by atoms with Crippen molar-refractivity contribution >= 4 is 17.1 Å². The van der Waals surface area contributed by atoms with Crippen molar-refractivity contribution in [1.82, 2.24) is 10.0 Å². The van der Waals surface area contributed by atoms with Gasteiger partial charge in [0, 0.05) is 0 Å². The number of hydrogen-bond donors (Lipinski definition) is 2. The zero-order valence-electron chi connectivity index (χ0n) is 8.62. The molecular weight excluding hydrogens is 210 g/mol. The lowest BCUT2D eigenvalue weighted by Gasteiger charge is -2.16. The van der Waals surface area contributed by atoms with Crippen LogP contribution in [0, 0.1) is 0 Å². The number of rotatable bonds is 2. The van der Waals surface area contributed by atoms with Gasteiger partial charge in [-0.3, -0.25) is 5.21 Å². The van der Waals surface area contributed by atoms with Gasteiger partial charge in [-0.05, 0) is 19.1 Å². The molecule has 2 aromatic rings. The molecule has 2 rings (SSSR count). The maximum absolute atomic E-state index is 10.8. The molecule has 0 aliphatic rings. The number of benzene rings is 1. The van der Waals surface area contributed by atoms with Gasteiger partial charge in [0.15, 0.2) is 5.58 Å². The number of urea groups is 1. The van der Waals surface area contributed by atoms with Gasteiger partial charge >= 0.3 is 6.03 Å². The topological polar surface area (TPSA) is 92.6 Å². The van der Waals surface area contributed by atoms with Crippen LogP contribution in [0.25, 0.3) is 11.1 Å². The number of nitrogens with zero attached hydrogens (tertiary/aromatic N) is 2. The molecule has 16 heavy (non-hydrogen) atoms. The van der Waals surface area contributed by atoms with E-state index in [0.29, 0.717) is 16.2 Å². The third kappa shape index (κ3) is 1.70. The fourth-order valence-corrected chi connectivity index (χ4v) is 1.36. The van der Waals surface area contributed by atoms with Gasteiger partial charge < -0.3 is 10.2 Å². The first-order valence-corrected chi connectivity index (χ1v) is 4.72. The van der Waals surface area contributed by atoms with E-state index in [0.717, 1.165) is 0 Å². The number of carbonyl (C=O) groups is 1. The number of aromatic nitrogens is 1. The Balaban J connectivity index is 2.36. The number of fused-ring (bicyclic) bond motifs is 1. The van der Waals surface area contributed by atoms with Crippen molar-refractivity contribution in [2.45, 2.75) is 13.0 Å². The van der Waals surface area contributed by atoms with Crippen LogP contribution in [-0.4, -0.2) is 21.3 Å². The fraction of sp³-hybridized carbons (Fsp3) is 0.200. The lowest BCUT2D eigenvalue weighted by atomic mass is 10.3. The normalized spacial score (nSPS) is 12.6. The predicted molar refractivity (Wildman–Crippen MR) is 55.6 cm³/mol. The molecule has 1 unspecified atom stereocenters. The number of amides is 2. The van der Waals surface area contributed by atoms with Gasteiger partial charge in [-0.1, -0.05) is 12.1 Å². The van der Waals surface area contributed by atoms with Crippen LogP contribution in [0.15, 0.2) is 28.7 Å². The third-order valence-electron chi connectivity index (χ3n) is 2.26. The summed E-state index contributed by atoms with van der Waals surface area (Å²) in [6.07, 6.45) is 0. The van der Waals surface area contributed by atoms with Crippen molar-refractivity contribution in [3.8, 4) is 0 Å². The molecule has 2 amide bonds. The van der Waals surface area contributed by atoms with E-state index < -0.39 is 12.1 Å². The second-order valence-electron chi connectivity index (χ2n) is 3.38. The Bertz CT molecular complexity index is 490. The zero-order valence-corrected chi connectivity index (χ0v) is 8.62. The van der Waals surface area contributed by atoms with E-state index >= 15 is 0 Å². The standard InChI is InChI=1S/C10H11N3O3/c1-6(13(15)10(11)14)9-12-7-4-2-3-5-8(7)16-9/h2-6,15H,1H3,(H2,11,14). The number of carbonyl (C=O) groups excluding carboxylic acids is 1. The SMILES string of the molecule is CC(c1nc2ccccc2o1)N(O)C(N)=O. The average molecular weight is 221 g/mol. The molecule has 0 radical (unpaired) electrons. The Morgan fingerprint density at radius 3 is 2.88 bits per heavy atom. The van der Waals surface area contributed by atoms with Crippen LogP contribution >= 0.6 is 0 Å². The van der Waals surface area contributed by atoms with Gasteiger partial charge in [-0.25, -0.2) is 9.78 Å². The number of para-hydroxylation sites is 2. The van der Waals surface area contributed by atoms with E-state index in [4.69, 9.17) is 10.2 Å². The van der Waals surface area contributed by atoms with E-state index in [1.54, 1.807) is 19.1 Å². The first kappa shape index (κ1) is 10.4. The summed E-state index contributed by atoms with van der Waals surface area (Å²) in [5.41, 5.74) is 6.20. The summed E-state index contributed by atoms with van der Waals surface area (Å²) in [4.78, 5) is 14.9. The molecular formula is C10H11N3O3. The van der Waals surface area contributed by atoms with Gasteiger partial charge in [-0.2, -0.15) is 5.06 Å². The molecule has 6 nitrogen and oxygen atoms in total. The van der Waals surface area contributed by atoms with Crippen molar-refractivity contribution < 1.29 is 14.4 Å². The maximum atomic E-state index is 10.8. The molecule has 1 atom stereocenters. The number of hydroxylamine groups is 2. The van der Waals surface area contributed by atoms with Crippen LogP contribution in [0.3, 0.4) is 0 Å². The Hall–Kier alpha value is -2.08. The third-order valence-corrected chi connectivity index (χ3v) is 2.26. The van der Waals surface area contributed by atoms with Crippen molar-refractivity contribution in [2.24, 2.45) is 5.73 Å². The van der Waals surface area contributed by atoms with Gasteiger partial charge in [0.05, 0.1) is 0 Å². The summed E-state index contributed by atoms with van der Waals surface area (Å²) < 4.78 is 5.38. The molecule has 0 aliphatic carbocycles. The largest absolute Gasteiger partial charge is 0.438 e. The van der Waals surface area contributed by atoms with E-state index in [1.165, 1.54) is 0 Å². The van der Waals surface area contributed by atoms with Crippen LogP contribution in [0.5, 0.6) is 0 Å². The minimum Gasteiger partial charge on any atom is -0.438 e. The lowest BCUT2D eigenvalue weighted by molar-refractivity contribution is -0.0772. The second kappa shape index (κ2) is 3.82. The molecule has 84 valence electrons. The summed E-state index contributed by atoms with van der Waals surface area (Å²) in [6, 6.07) is 5.50. The van der Waals surface area contributed by atoms with E-state index in [9.17, 15) is 10.0 Å². The Morgan fingerprint density at radius 2 is 2.25 bits per heavy atom. The summed E-state index contributed by atoms with van der Waals surface area (Å²) >= 11 is 0. The highest BCUT2D eigenvalue weighted by molar-refractivity contribution is 5.73. The zero-order chi connectivity index (χ0) is 11.7. The van der Waals surface area contributed by atoms with Gasteiger partial charge in [0.2, 0.25) is 5.89 Å². The molecule has 0 bridgehead atoms. The van der Waals surface area contributed by atoms with Crippen molar-refractivity contribution in [3.05, 3.63) is 30.2 Å². The summed E-state index contributed by atoms with van der Waals surface area (Å²) in [7, 11) is 0. The second-order valence-corrected chi connectivity index (χ2v) is 3.38. The molecule has 1 aromatic heterocycles. The summed E-state index contributed by atoms with van der Waals surface area (Å²) in [6.45, 7) is 1.56. The van der Waals surface area contributed by atoms with Gasteiger partial charge in [0.1, 0.15) is 11.6 Å². The monoisotopic (exact) mass is 221 g/mol. The van der Waals surface area contributed by atoms with E-state index in [-0.39, 0.29) is 5.89 Å². The highest BCUT2D eigenvalue weighted by Gasteiger charge is 2.22. The molecule has 0 aliphatic heterocycles. The Kier molecular flexibility index (Phi) is 2.49. The number of primary amides is 1. The number of oxazole rings is 1. The molecule has 1 heterocycles. The van der Waals surface area contributed by atoms with Gasteiger partial charge in [-0.15, -0.1) is 0 Å². The smallest absolute Gasteiger partial charge is 0.339 e. The minimum absolute atomic E-state index is 0.238. The Labute approximate surface area is 91.2 Å². The number of hydrogen-bond acceptors (Lipinski definition) is 4. The lowest BCUT2D eigenvalue weighted by Crippen LogP contribution is -2.34. The average Bonchev–Trinajstić information content (AvgIpc) is 2.70. The van der Waals surface area contributed by atoms with Crippen LogP contribution in [0.2, 0.25) is 0 Å². The summed E-state index contributed by atoms with van der Waals surface area (Å²) in [5.74, 6) is 0.238. The molecule has 0 saturated heterocycles. The molecule has 0 saturated carbocycles. The molecule has 6 heteroatoms. The predicted octanol–water partition coefficient (Wildman–Crippen LogP) is 1.66. The molecule has 3 N–H and O–H groups in total. The van der Waals surface area contributed by atoms with Gasteiger partial charge in [0.25, 0.3) is 0 Å². The first-order chi connectivity index (χ1) is 7.59. The van der Waals surface area contributed by atoms with Crippen molar-refractivity contribution in [2.75, 3.05) is 0 Å². The highest BCUT2D eigenvalue weighted by atomic mass is 16.5. The molecule has 1 aromatic carbocycles. The molecule has 0 fully saturated rings. The van der Waals surface area contributed by atoms with Crippen molar-refractivity contribution in [1.29, 1.82) is 0 Å². The minimum atomic E-state index is -0.949. The van der Waals surface area contributed by atoms with Crippen LogP contribution in [0.4, 0.5) is 4.79 Å². The quantitative estimate of drug-likeness (QED) is 0.595. The summed E-state index contributed by atoms with van der Waals surface area (Å²) in [5, 5.41) is 9.71. The highest BCUT2D eigenvalue weighted by Crippen LogP contribution is 2.22. The molecule has 0 spiro atoms. The van der Waals surface area contributed by atoms with Crippen LogP contribution in [-0.2, 0) is 0 Å². The Morgan fingerprint density at radius 1 is 1.56 bits per heavy atom. The number of nitrogens with two attached hydrogens (primary N) is 1. The van der Waals surface area contributed by atoms with E-state index in [2.05, 4.69) is 4.98 Å².